The van der Waals surface area contributed by atoms with Gasteiger partial charge in [-0.05, 0) is 49.8 Å². The van der Waals surface area contributed by atoms with Crippen molar-refractivity contribution < 1.29 is 0 Å². The van der Waals surface area contributed by atoms with Crippen LogP contribution >= 0.6 is 21.5 Å². The highest BCUT2D eigenvalue weighted by Gasteiger charge is 2.26. The van der Waals surface area contributed by atoms with Crippen LogP contribution in [0.2, 0.25) is 0 Å². The maximum atomic E-state index is 6.43. The number of nitrogens with one attached hydrogen (secondary N) is 3. The molecule has 0 aliphatic heterocycles. The summed E-state index contributed by atoms with van der Waals surface area (Å²) >= 11 is 5.73. The minimum absolute atomic E-state index is 0.0381. The smallest absolute Gasteiger partial charge is 0.0610 e. The van der Waals surface area contributed by atoms with Gasteiger partial charge in [0.25, 0.3) is 0 Å². The average Bonchev–Trinajstić information content (AvgIpc) is 2.70. The molecule has 5 N–H and O–H groups in total. The van der Waals surface area contributed by atoms with Gasteiger partial charge in [-0.1, -0.05) is 76.6 Å². The second-order valence-electron chi connectivity index (χ2n) is 9.17. The van der Waals surface area contributed by atoms with Crippen LogP contribution in [-0.4, -0.2) is 29.5 Å². The Morgan fingerprint density at radius 3 is 2.31 bits per heavy atom. The maximum absolute atomic E-state index is 6.43. The normalized spacial score (nSPS) is 13.8. The molecule has 1 rings (SSSR count). The van der Waals surface area contributed by atoms with Crippen LogP contribution in [0, 0.1) is 5.92 Å². The van der Waals surface area contributed by atoms with Gasteiger partial charge in [0, 0.05) is 35.0 Å². The molecule has 0 aromatic heterocycles. The zero-order chi connectivity index (χ0) is 24.3. The Hall–Kier alpha value is -1.52. The third-order valence-corrected chi connectivity index (χ3v) is 6.14. The monoisotopic (exact) mass is 474 g/mol. The molecule has 0 aliphatic rings. The van der Waals surface area contributed by atoms with E-state index in [1.54, 1.807) is 0 Å². The van der Waals surface area contributed by atoms with Crippen molar-refractivity contribution in [3.8, 4) is 0 Å². The van der Waals surface area contributed by atoms with Crippen molar-refractivity contribution in [3.63, 3.8) is 0 Å². The van der Waals surface area contributed by atoms with Gasteiger partial charge in [-0.2, -0.15) is 0 Å². The molecule has 6 heteroatoms. The van der Waals surface area contributed by atoms with Gasteiger partial charge >= 0.3 is 0 Å². The SMILES string of the molecule is C=C(P)CCc1ccc(NC(=C)CNCC(=S)C(NC(=C)C(C)(N)CCC)C(C)C)cc1. The number of thiocarbonyl (C=S) groups is 1. The van der Waals surface area contributed by atoms with Gasteiger partial charge in [0.05, 0.1) is 11.6 Å². The Balaban J connectivity index is 2.50. The summed E-state index contributed by atoms with van der Waals surface area (Å²) in [4.78, 5) is 0.918. The number of anilines is 1. The molecule has 0 radical (unpaired) electrons. The van der Waals surface area contributed by atoms with Crippen LogP contribution in [0.5, 0.6) is 0 Å². The lowest BCUT2D eigenvalue weighted by atomic mass is 9.92. The number of rotatable bonds is 16. The summed E-state index contributed by atoms with van der Waals surface area (Å²) in [5.74, 6) is 0.335. The van der Waals surface area contributed by atoms with Crippen molar-refractivity contribution in [1.82, 2.24) is 10.6 Å². The minimum atomic E-state index is -0.442. The topological polar surface area (TPSA) is 62.1 Å². The molecule has 1 aromatic rings. The summed E-state index contributed by atoms with van der Waals surface area (Å²) in [6, 6.07) is 8.49. The number of benzene rings is 1. The van der Waals surface area contributed by atoms with Crippen molar-refractivity contribution >= 4 is 32.0 Å². The maximum Gasteiger partial charge on any atom is 0.0610 e. The van der Waals surface area contributed by atoms with E-state index >= 15 is 0 Å². The van der Waals surface area contributed by atoms with Crippen molar-refractivity contribution in [1.29, 1.82) is 0 Å². The van der Waals surface area contributed by atoms with E-state index in [0.717, 1.165) is 52.9 Å². The number of nitrogens with two attached hydrogens (primary N) is 1. The lowest BCUT2D eigenvalue weighted by Crippen LogP contribution is -2.51. The Labute approximate surface area is 203 Å². The fourth-order valence-electron chi connectivity index (χ4n) is 3.40. The predicted octanol–water partition coefficient (Wildman–Crippen LogP) is 5.54. The van der Waals surface area contributed by atoms with Crippen molar-refractivity contribution in [3.05, 3.63) is 66.3 Å². The molecule has 4 nitrogen and oxygen atoms in total. The second kappa shape index (κ2) is 13.9. The number of hydrogen-bond donors (Lipinski definition) is 4. The van der Waals surface area contributed by atoms with Gasteiger partial charge < -0.3 is 21.7 Å². The largest absolute Gasteiger partial charge is 0.380 e. The zero-order valence-corrected chi connectivity index (χ0v) is 22.4. The molecule has 0 saturated heterocycles. The van der Waals surface area contributed by atoms with Gasteiger partial charge in [-0.25, -0.2) is 0 Å². The molecular weight excluding hydrogens is 431 g/mol. The molecule has 0 aliphatic carbocycles. The molecule has 3 unspecified atom stereocenters. The van der Waals surface area contributed by atoms with Crippen LogP contribution in [0.4, 0.5) is 5.69 Å². The van der Waals surface area contributed by atoms with E-state index in [4.69, 9.17) is 18.0 Å². The molecule has 0 fully saturated rings. The van der Waals surface area contributed by atoms with Crippen LogP contribution < -0.4 is 21.7 Å². The number of aryl methyl sites for hydroxylation is 1. The number of allylic oxidation sites excluding steroid dienone is 1. The highest BCUT2D eigenvalue weighted by atomic mass is 32.1. The third kappa shape index (κ3) is 10.4. The Morgan fingerprint density at radius 1 is 1.16 bits per heavy atom. The molecule has 178 valence electrons. The van der Waals surface area contributed by atoms with Gasteiger partial charge in [0.1, 0.15) is 0 Å². The lowest BCUT2D eigenvalue weighted by Gasteiger charge is -2.33. The first-order valence-electron chi connectivity index (χ1n) is 11.4. The van der Waals surface area contributed by atoms with Gasteiger partial charge in [0.2, 0.25) is 0 Å². The van der Waals surface area contributed by atoms with Gasteiger partial charge in [-0.3, -0.25) is 0 Å². The first-order chi connectivity index (χ1) is 15.0. The van der Waals surface area contributed by atoms with Gasteiger partial charge in [0.15, 0.2) is 0 Å². The van der Waals surface area contributed by atoms with E-state index < -0.39 is 5.54 Å². The van der Waals surface area contributed by atoms with E-state index in [0.29, 0.717) is 19.0 Å². The summed E-state index contributed by atoms with van der Waals surface area (Å²) in [7, 11) is 2.66. The van der Waals surface area contributed by atoms with Crippen LogP contribution in [0.3, 0.4) is 0 Å². The summed E-state index contributed by atoms with van der Waals surface area (Å²) < 4.78 is 0. The fourth-order valence-corrected chi connectivity index (χ4v) is 3.97. The van der Waals surface area contributed by atoms with Crippen molar-refractivity contribution in [2.24, 2.45) is 11.7 Å². The Bertz CT molecular complexity index is 784. The molecule has 0 saturated carbocycles. The van der Waals surface area contributed by atoms with Gasteiger partial charge in [-0.15, -0.1) is 9.24 Å². The summed E-state index contributed by atoms with van der Waals surface area (Å²) in [6.07, 6.45) is 3.88. The predicted molar refractivity (Wildman–Crippen MR) is 150 cm³/mol. The third-order valence-electron chi connectivity index (χ3n) is 5.45. The van der Waals surface area contributed by atoms with E-state index in [1.807, 2.05) is 6.92 Å². The molecule has 0 amide bonds. The molecular formula is C26H43N4PS. The van der Waals surface area contributed by atoms with E-state index in [2.05, 4.69) is 90.0 Å². The molecule has 32 heavy (non-hydrogen) atoms. The standard InChI is InChI=1S/C26H43N4PS/c1-8-15-26(7,27)21(6)30-25(18(2)3)24(32)17-28-16-19(4)29-23-13-11-22(12-14-23)10-9-20(5)31/h11-14,18,25,28-30H,4-6,8-10,15-17,27,31H2,1-3,7H3. The summed E-state index contributed by atoms with van der Waals surface area (Å²) in [5.41, 5.74) is 10.1. The van der Waals surface area contributed by atoms with Crippen molar-refractivity contribution in [2.45, 2.75) is 65.0 Å². The Morgan fingerprint density at radius 2 is 1.78 bits per heavy atom. The van der Waals surface area contributed by atoms with Crippen LogP contribution in [0.1, 0.15) is 52.5 Å². The van der Waals surface area contributed by atoms with Crippen LogP contribution in [-0.2, 0) is 6.42 Å². The molecule has 0 bridgehead atoms. The van der Waals surface area contributed by atoms with E-state index in [1.165, 1.54) is 5.56 Å². The quantitative estimate of drug-likeness (QED) is 0.187. The first kappa shape index (κ1) is 28.5. The second-order valence-corrected chi connectivity index (χ2v) is 10.5. The average molecular weight is 475 g/mol. The fraction of sp³-hybridized carbons (Fsp3) is 0.500. The molecule has 3 atom stereocenters. The van der Waals surface area contributed by atoms with E-state index in [9.17, 15) is 0 Å². The molecule has 0 heterocycles. The Kier molecular flexibility index (Phi) is 12.4. The van der Waals surface area contributed by atoms with Crippen molar-refractivity contribution in [2.75, 3.05) is 18.4 Å². The summed E-state index contributed by atoms with van der Waals surface area (Å²) in [6.45, 7) is 22.0. The molecule has 1 aromatic carbocycles. The summed E-state index contributed by atoms with van der Waals surface area (Å²) in [5, 5.41) is 11.4. The molecule has 0 spiro atoms. The zero-order valence-electron chi connectivity index (χ0n) is 20.4. The number of hydrogen-bond acceptors (Lipinski definition) is 5. The highest BCUT2D eigenvalue weighted by Crippen LogP contribution is 2.19. The highest BCUT2D eigenvalue weighted by molar-refractivity contribution is 7.80. The van der Waals surface area contributed by atoms with Crippen LogP contribution in [0.15, 0.2) is 60.7 Å². The minimum Gasteiger partial charge on any atom is -0.380 e. The lowest BCUT2D eigenvalue weighted by molar-refractivity contribution is 0.429. The van der Waals surface area contributed by atoms with E-state index in [-0.39, 0.29) is 6.04 Å². The first-order valence-corrected chi connectivity index (χ1v) is 12.4. The van der Waals surface area contributed by atoms with Crippen LogP contribution in [0.25, 0.3) is 0 Å².